The number of carbonyl (C=O) groups excluding carboxylic acids is 1. The molecule has 1 saturated heterocycles. The normalized spacial score (nSPS) is 16.9. The molecule has 2 aromatic rings. The van der Waals surface area contributed by atoms with Crippen LogP contribution in [-0.4, -0.2) is 54.7 Å². The van der Waals surface area contributed by atoms with Crippen LogP contribution >= 0.6 is 11.3 Å². The summed E-state index contributed by atoms with van der Waals surface area (Å²) in [5, 5.41) is 0. The third-order valence-electron chi connectivity index (χ3n) is 3.68. The number of H-pyrrole nitrogens is 1. The highest BCUT2D eigenvalue weighted by atomic mass is 32.2. The van der Waals surface area contributed by atoms with Crippen molar-refractivity contribution < 1.29 is 13.2 Å². The molecule has 0 aromatic carbocycles. The lowest BCUT2D eigenvalue weighted by Crippen LogP contribution is -2.50. The average Bonchev–Trinajstić information content (AvgIpc) is 3.18. The van der Waals surface area contributed by atoms with E-state index < -0.39 is 10.0 Å². The van der Waals surface area contributed by atoms with Gasteiger partial charge in [-0.25, -0.2) is 8.42 Å². The van der Waals surface area contributed by atoms with E-state index in [-0.39, 0.29) is 5.91 Å². The first kappa shape index (κ1) is 15.3. The van der Waals surface area contributed by atoms with Gasteiger partial charge < -0.3 is 9.88 Å². The van der Waals surface area contributed by atoms with Crippen molar-refractivity contribution in [3.63, 3.8) is 0 Å². The molecule has 2 aromatic heterocycles. The third kappa shape index (κ3) is 2.81. The minimum Gasteiger partial charge on any atom is -0.367 e. The molecular formula is C14H17N3O3S2. The summed E-state index contributed by atoms with van der Waals surface area (Å²) in [5.74, 6) is -0.0646. The van der Waals surface area contributed by atoms with Crippen LogP contribution in [0.4, 0.5) is 0 Å². The van der Waals surface area contributed by atoms with Gasteiger partial charge in [-0.1, -0.05) is 0 Å². The van der Waals surface area contributed by atoms with Gasteiger partial charge in [0.2, 0.25) is 0 Å². The van der Waals surface area contributed by atoms with E-state index in [1.54, 1.807) is 29.4 Å². The summed E-state index contributed by atoms with van der Waals surface area (Å²) < 4.78 is 26.9. The van der Waals surface area contributed by atoms with E-state index in [2.05, 4.69) is 4.98 Å². The van der Waals surface area contributed by atoms with Crippen molar-refractivity contribution in [3.05, 3.63) is 41.0 Å². The first-order chi connectivity index (χ1) is 10.5. The molecule has 1 fully saturated rings. The molecule has 0 spiro atoms. The number of piperazine rings is 1. The number of rotatable bonds is 3. The van der Waals surface area contributed by atoms with Gasteiger partial charge in [-0.05, 0) is 25.1 Å². The van der Waals surface area contributed by atoms with E-state index in [1.165, 1.54) is 15.6 Å². The number of hydrogen-bond donors (Lipinski definition) is 1. The molecule has 118 valence electrons. The maximum atomic E-state index is 12.5. The lowest BCUT2D eigenvalue weighted by atomic mass is 10.2. The zero-order valence-corrected chi connectivity index (χ0v) is 13.8. The Kier molecular flexibility index (Phi) is 4.07. The fraction of sp³-hybridized carbons (Fsp3) is 0.357. The molecule has 1 aliphatic rings. The predicted octanol–water partition coefficient (Wildman–Crippen LogP) is 1.53. The number of hydrogen-bond acceptors (Lipinski definition) is 4. The van der Waals surface area contributed by atoms with Gasteiger partial charge in [-0.3, -0.25) is 4.79 Å². The topological polar surface area (TPSA) is 73.5 Å². The van der Waals surface area contributed by atoms with Crippen molar-refractivity contribution in [2.24, 2.45) is 0 Å². The lowest BCUT2D eigenvalue weighted by molar-refractivity contribution is 0.0698. The molecule has 6 nitrogen and oxygen atoms in total. The molecule has 1 N–H and O–H groups in total. The summed E-state index contributed by atoms with van der Waals surface area (Å²) in [7, 11) is -3.44. The second-order valence-corrected chi connectivity index (χ2v) is 8.61. The van der Waals surface area contributed by atoms with Gasteiger partial charge in [0, 0.05) is 43.4 Å². The Bertz CT molecular complexity index is 757. The second kappa shape index (κ2) is 5.86. The zero-order valence-electron chi connectivity index (χ0n) is 12.2. The fourth-order valence-corrected chi connectivity index (χ4v) is 5.31. The Hall–Kier alpha value is -1.64. The summed E-state index contributed by atoms with van der Waals surface area (Å²) >= 11 is 1.28. The molecule has 0 aliphatic carbocycles. The van der Waals surface area contributed by atoms with E-state index in [0.717, 1.165) is 4.88 Å². The zero-order chi connectivity index (χ0) is 15.7. The highest BCUT2D eigenvalue weighted by Gasteiger charge is 2.31. The SMILES string of the molecule is Cc1ccc(S(=O)(=O)N2CCN(C(=O)c3cc[nH]c3)CC2)s1. The predicted molar refractivity (Wildman–Crippen MR) is 84.5 cm³/mol. The van der Waals surface area contributed by atoms with Crippen molar-refractivity contribution in [1.29, 1.82) is 0 Å². The molecule has 22 heavy (non-hydrogen) atoms. The highest BCUT2D eigenvalue weighted by molar-refractivity contribution is 7.91. The monoisotopic (exact) mass is 339 g/mol. The van der Waals surface area contributed by atoms with Crippen LogP contribution in [0.2, 0.25) is 0 Å². The van der Waals surface area contributed by atoms with Gasteiger partial charge in [0.25, 0.3) is 15.9 Å². The van der Waals surface area contributed by atoms with E-state index in [0.29, 0.717) is 36.0 Å². The molecule has 3 heterocycles. The quantitative estimate of drug-likeness (QED) is 0.922. The number of nitrogens with zero attached hydrogens (tertiary/aromatic N) is 2. The number of sulfonamides is 1. The Morgan fingerprint density at radius 2 is 1.91 bits per heavy atom. The molecule has 1 aliphatic heterocycles. The molecule has 0 unspecified atom stereocenters. The minimum absolute atomic E-state index is 0.0646. The number of aromatic amines is 1. The molecule has 0 bridgehead atoms. The fourth-order valence-electron chi connectivity index (χ4n) is 2.45. The first-order valence-electron chi connectivity index (χ1n) is 6.97. The van der Waals surface area contributed by atoms with Crippen molar-refractivity contribution in [2.75, 3.05) is 26.2 Å². The lowest BCUT2D eigenvalue weighted by Gasteiger charge is -2.33. The van der Waals surface area contributed by atoms with Gasteiger partial charge in [-0.15, -0.1) is 11.3 Å². The van der Waals surface area contributed by atoms with Crippen LogP contribution in [0.3, 0.4) is 0 Å². The van der Waals surface area contributed by atoms with Crippen LogP contribution in [0.15, 0.2) is 34.8 Å². The van der Waals surface area contributed by atoms with E-state index in [4.69, 9.17) is 0 Å². The van der Waals surface area contributed by atoms with Gasteiger partial charge in [0.1, 0.15) is 4.21 Å². The molecule has 1 amide bonds. The van der Waals surface area contributed by atoms with E-state index in [9.17, 15) is 13.2 Å². The largest absolute Gasteiger partial charge is 0.367 e. The maximum Gasteiger partial charge on any atom is 0.255 e. The molecular weight excluding hydrogens is 322 g/mol. The average molecular weight is 339 g/mol. The van der Waals surface area contributed by atoms with Gasteiger partial charge in [0.15, 0.2) is 0 Å². The van der Waals surface area contributed by atoms with Crippen LogP contribution in [0.1, 0.15) is 15.2 Å². The maximum absolute atomic E-state index is 12.5. The number of thiophene rings is 1. The van der Waals surface area contributed by atoms with Crippen molar-refractivity contribution in [3.8, 4) is 0 Å². The number of aryl methyl sites for hydroxylation is 1. The van der Waals surface area contributed by atoms with Crippen LogP contribution in [0.5, 0.6) is 0 Å². The van der Waals surface area contributed by atoms with Crippen molar-refractivity contribution in [1.82, 2.24) is 14.2 Å². The molecule has 0 saturated carbocycles. The van der Waals surface area contributed by atoms with Gasteiger partial charge >= 0.3 is 0 Å². The van der Waals surface area contributed by atoms with Crippen molar-refractivity contribution in [2.45, 2.75) is 11.1 Å². The number of carbonyl (C=O) groups is 1. The standard InChI is InChI=1S/C14H17N3O3S2/c1-11-2-3-13(21-11)22(19,20)17-8-6-16(7-9-17)14(18)12-4-5-15-10-12/h2-5,10,15H,6-9H2,1H3. The Labute approximate surface area is 133 Å². The summed E-state index contributed by atoms with van der Waals surface area (Å²) in [6.07, 6.45) is 3.35. The molecule has 0 radical (unpaired) electrons. The van der Waals surface area contributed by atoms with Crippen molar-refractivity contribution >= 4 is 27.3 Å². The van der Waals surface area contributed by atoms with Gasteiger partial charge in [-0.2, -0.15) is 4.31 Å². The van der Waals surface area contributed by atoms with E-state index >= 15 is 0 Å². The summed E-state index contributed by atoms with van der Waals surface area (Å²) in [6, 6.07) is 5.18. The van der Waals surface area contributed by atoms with Crippen LogP contribution in [0.25, 0.3) is 0 Å². The molecule has 8 heteroatoms. The summed E-state index contributed by atoms with van der Waals surface area (Å²) in [6.45, 7) is 3.36. The molecule has 3 rings (SSSR count). The summed E-state index contributed by atoms with van der Waals surface area (Å²) in [5.41, 5.74) is 0.602. The number of nitrogens with one attached hydrogen (secondary N) is 1. The molecule has 0 atom stereocenters. The minimum atomic E-state index is -3.44. The van der Waals surface area contributed by atoms with Gasteiger partial charge in [0.05, 0.1) is 5.56 Å². The van der Waals surface area contributed by atoms with E-state index in [1.807, 2.05) is 13.0 Å². The van der Waals surface area contributed by atoms with Crippen LogP contribution in [0, 0.1) is 6.92 Å². The number of aromatic nitrogens is 1. The highest BCUT2D eigenvalue weighted by Crippen LogP contribution is 2.25. The Balaban J connectivity index is 1.68. The van der Waals surface area contributed by atoms with Crippen LogP contribution < -0.4 is 0 Å². The smallest absolute Gasteiger partial charge is 0.255 e. The Morgan fingerprint density at radius 3 is 2.45 bits per heavy atom. The number of amides is 1. The van der Waals surface area contributed by atoms with Crippen LogP contribution in [-0.2, 0) is 10.0 Å². The second-order valence-electron chi connectivity index (χ2n) is 5.16. The third-order valence-corrected chi connectivity index (χ3v) is 7.05. The Morgan fingerprint density at radius 1 is 1.18 bits per heavy atom. The first-order valence-corrected chi connectivity index (χ1v) is 9.23. The summed E-state index contributed by atoms with van der Waals surface area (Å²) in [4.78, 5) is 17.7.